The molecule has 0 amide bonds. The molecule has 0 N–H and O–H groups in total. The second kappa shape index (κ2) is 10.1. The van der Waals surface area contributed by atoms with Gasteiger partial charge >= 0.3 is 117 Å². The first kappa shape index (κ1) is 19.3. The maximum absolute atomic E-state index is 8.25. The molecule has 0 radical (unpaired) electrons. The number of hydrogen-bond acceptors (Lipinski definition) is 2. The Balaban J connectivity index is 0.000000561. The van der Waals surface area contributed by atoms with Crippen LogP contribution in [-0.2, 0) is 17.1 Å². The summed E-state index contributed by atoms with van der Waals surface area (Å²) in [5.41, 5.74) is 3.08. The summed E-state index contributed by atoms with van der Waals surface area (Å²) in [6, 6.07) is 8.99. The van der Waals surface area contributed by atoms with E-state index in [9.17, 15) is 0 Å². The third kappa shape index (κ3) is 4.40. The summed E-state index contributed by atoms with van der Waals surface area (Å²) < 4.78 is 2.61. The number of benzene rings is 1. The van der Waals surface area contributed by atoms with Gasteiger partial charge in [0.25, 0.3) is 0 Å². The Morgan fingerprint density at radius 2 is 1.77 bits per heavy atom. The Morgan fingerprint density at radius 3 is 2.36 bits per heavy atom. The second-order valence-electron chi connectivity index (χ2n) is 5.40. The molecule has 2 aliphatic carbocycles. The summed E-state index contributed by atoms with van der Waals surface area (Å²) in [6.45, 7) is 4.57. The van der Waals surface area contributed by atoms with Crippen molar-refractivity contribution in [3.8, 4) is 0 Å². The van der Waals surface area contributed by atoms with Crippen LogP contribution in [0.25, 0.3) is 6.08 Å². The molecule has 0 saturated heterocycles. The molecule has 0 fully saturated rings. The molecule has 0 saturated carbocycles. The van der Waals surface area contributed by atoms with Crippen LogP contribution in [0.15, 0.2) is 52.4 Å². The first-order valence-corrected chi connectivity index (χ1v) is 14.9. The molecule has 4 heteroatoms. The summed E-state index contributed by atoms with van der Waals surface area (Å²) in [7, 11) is 1.50. The quantitative estimate of drug-likeness (QED) is 0.785. The molecule has 2 aliphatic rings. The summed E-state index contributed by atoms with van der Waals surface area (Å²) in [5.74, 6) is 0. The zero-order valence-corrected chi connectivity index (χ0v) is 16.6. The van der Waals surface area contributed by atoms with Gasteiger partial charge < -0.3 is 10.2 Å². The third-order valence-corrected chi connectivity index (χ3v) is 17.5. The fraction of sp³-hybridized carbons (Fsp3) is 0.333. The van der Waals surface area contributed by atoms with E-state index < -0.39 is 23.8 Å². The fourth-order valence-electron chi connectivity index (χ4n) is 3.11. The molecule has 2 nitrogen and oxygen atoms in total. The predicted molar refractivity (Wildman–Crippen MR) is 90.8 cm³/mol. The molecule has 1 atom stereocenters. The van der Waals surface area contributed by atoms with Gasteiger partial charge in [-0.25, -0.2) is 0 Å². The average Bonchev–Trinajstić information content (AvgIpc) is 3.22. The molecule has 3 rings (SSSR count). The molecule has 22 heavy (non-hydrogen) atoms. The topological polar surface area (TPSA) is 46.1 Å². The zero-order chi connectivity index (χ0) is 16.5. The minimum absolute atomic E-state index is 0.543. The van der Waals surface area contributed by atoms with Gasteiger partial charge in [-0.3, -0.25) is 0 Å². The molecule has 1 aromatic rings. The predicted octanol–water partition coefficient (Wildman–Crippen LogP) is 2.15. The first-order chi connectivity index (χ1) is 10.8. The number of allylic oxidation sites excluding steroid dienone is 5. The molecule has 0 heterocycles. The van der Waals surface area contributed by atoms with Crippen LogP contribution in [0.1, 0.15) is 21.8 Å². The van der Waals surface area contributed by atoms with E-state index in [2.05, 4.69) is 67.7 Å². The summed E-state index contributed by atoms with van der Waals surface area (Å²) in [4.78, 5) is 0. The first-order valence-electron chi connectivity index (χ1n) is 7.59. The van der Waals surface area contributed by atoms with Crippen LogP contribution in [-0.4, -0.2) is 20.9 Å². The molecule has 0 spiro atoms. The van der Waals surface area contributed by atoms with Crippen molar-refractivity contribution in [3.63, 3.8) is 0 Å². The van der Waals surface area contributed by atoms with E-state index >= 15 is 0 Å². The van der Waals surface area contributed by atoms with Crippen LogP contribution in [0.2, 0.25) is 13.1 Å². The Labute approximate surface area is 141 Å². The van der Waals surface area contributed by atoms with Crippen LogP contribution in [0.3, 0.4) is 0 Å². The molecule has 0 aromatic heterocycles. The number of fused-ring (bicyclic) bond motifs is 1. The van der Waals surface area contributed by atoms with Gasteiger partial charge in [-0.2, -0.15) is 14.2 Å². The average molecular weight is 349 g/mol. The Hall–Kier alpha value is -0.709. The molecule has 1 aromatic carbocycles. The Morgan fingerprint density at radius 1 is 1.09 bits per heavy atom. The molecular weight excluding hydrogens is 324 g/mol. The van der Waals surface area contributed by atoms with E-state index in [-0.39, 0.29) is 0 Å². The SMILES string of the molecule is C[O-].C[O-].C[SiH](C)[Ti+2]([C]1=CC=CC1)[CH]1C=Cc2ccccc21. The van der Waals surface area contributed by atoms with E-state index in [1.807, 2.05) is 3.88 Å². The van der Waals surface area contributed by atoms with Crippen LogP contribution in [0, 0.1) is 0 Å². The van der Waals surface area contributed by atoms with E-state index in [0.29, 0.717) is 0 Å². The maximum atomic E-state index is 8.25. The van der Waals surface area contributed by atoms with Crippen LogP contribution < -0.4 is 10.2 Å². The van der Waals surface area contributed by atoms with E-state index in [4.69, 9.17) is 10.2 Å². The van der Waals surface area contributed by atoms with Crippen LogP contribution >= 0.6 is 0 Å². The van der Waals surface area contributed by atoms with Crippen molar-refractivity contribution >= 4 is 12.7 Å². The standard InChI is InChI=1S/C9H7.C5H5.C2H7Si.2CH3O.Ti/c1-2-5-9-7-3-6-8(9)4-1;1-2-4-5-3-1;1-3-2;2*1-2;/h1-7H;1-3H,4H2;3H,1-2H3;2*1H3;/q;;;2*-1;+2. The summed E-state index contributed by atoms with van der Waals surface area (Å²) in [5, 5.41) is 16.5. The van der Waals surface area contributed by atoms with Gasteiger partial charge in [0.15, 0.2) is 0 Å². The number of rotatable bonds is 3. The summed E-state index contributed by atoms with van der Waals surface area (Å²) >= 11 is -1.11. The van der Waals surface area contributed by atoms with Crippen LogP contribution in [0.5, 0.6) is 0 Å². The van der Waals surface area contributed by atoms with Gasteiger partial charge in [0, 0.05) is 0 Å². The van der Waals surface area contributed by atoms with Gasteiger partial charge in [0.05, 0.1) is 0 Å². The molecule has 0 aliphatic heterocycles. The zero-order valence-electron chi connectivity index (χ0n) is 13.9. The van der Waals surface area contributed by atoms with E-state index in [1.165, 1.54) is 12.0 Å². The minimum atomic E-state index is -1.11. The van der Waals surface area contributed by atoms with Gasteiger partial charge in [0.1, 0.15) is 0 Å². The van der Waals surface area contributed by atoms with Gasteiger partial charge in [-0.1, -0.05) is 0 Å². The normalized spacial score (nSPS) is 17.2. The van der Waals surface area contributed by atoms with Crippen molar-refractivity contribution < 1.29 is 27.3 Å². The third-order valence-electron chi connectivity index (χ3n) is 3.90. The molecule has 1 unspecified atom stereocenters. The van der Waals surface area contributed by atoms with Crippen molar-refractivity contribution in [2.75, 3.05) is 14.2 Å². The molecular formula is C18H25O2SiTi. The van der Waals surface area contributed by atoms with Crippen molar-refractivity contribution in [1.29, 1.82) is 0 Å². The Kier molecular flexibility index (Phi) is 8.91. The van der Waals surface area contributed by atoms with Crippen molar-refractivity contribution in [3.05, 3.63) is 63.6 Å². The molecule has 117 valence electrons. The van der Waals surface area contributed by atoms with E-state index in [1.54, 1.807) is 5.56 Å². The fourth-order valence-corrected chi connectivity index (χ4v) is 16.5. The molecule has 0 bridgehead atoms. The second-order valence-corrected chi connectivity index (χ2v) is 19.1. The van der Waals surface area contributed by atoms with Gasteiger partial charge in [-0.05, 0) is 0 Å². The van der Waals surface area contributed by atoms with E-state index in [0.717, 1.165) is 18.4 Å². The van der Waals surface area contributed by atoms with Crippen LogP contribution in [0.4, 0.5) is 0 Å². The van der Waals surface area contributed by atoms with Crippen molar-refractivity contribution in [2.24, 2.45) is 0 Å². The number of hydrogen-bond donors (Lipinski definition) is 0. The van der Waals surface area contributed by atoms with Gasteiger partial charge in [0.2, 0.25) is 0 Å². The monoisotopic (exact) mass is 349 g/mol. The van der Waals surface area contributed by atoms with Crippen molar-refractivity contribution in [2.45, 2.75) is 23.7 Å². The van der Waals surface area contributed by atoms with Crippen molar-refractivity contribution in [1.82, 2.24) is 0 Å². The Bertz CT molecular complexity index is 550. The summed E-state index contributed by atoms with van der Waals surface area (Å²) in [6.07, 6.45) is 13.1. The van der Waals surface area contributed by atoms with Gasteiger partial charge in [-0.15, -0.1) is 0 Å².